The van der Waals surface area contributed by atoms with E-state index in [0.717, 1.165) is 24.1 Å². The Morgan fingerprint density at radius 3 is 2.50 bits per heavy atom. The third kappa shape index (κ3) is 4.60. The molecule has 3 N–H and O–H groups in total. The molecule has 8 heteroatoms. The van der Waals surface area contributed by atoms with Crippen LogP contribution in [0.1, 0.15) is 62.5 Å². The molecule has 1 aliphatic carbocycles. The first-order valence-electron chi connectivity index (χ1n) is 11.1. The molecule has 1 saturated carbocycles. The monoisotopic (exact) mass is 437 g/mol. The summed E-state index contributed by atoms with van der Waals surface area (Å²) in [5, 5.41) is 16.2. The van der Waals surface area contributed by atoms with E-state index in [2.05, 4.69) is 27.5 Å². The minimum absolute atomic E-state index is 0.00337. The molecule has 1 fully saturated rings. The summed E-state index contributed by atoms with van der Waals surface area (Å²) in [6, 6.07) is 7.12. The molecule has 0 bridgehead atoms. The zero-order valence-electron chi connectivity index (χ0n) is 19.0. The van der Waals surface area contributed by atoms with Gasteiger partial charge in [-0.15, -0.1) is 0 Å². The molecule has 1 aromatic carbocycles. The number of benzene rings is 1. The van der Waals surface area contributed by atoms with Crippen LogP contribution in [0, 0.1) is 11.8 Å². The van der Waals surface area contributed by atoms with Crippen LogP contribution in [0.5, 0.6) is 0 Å². The number of fused-ring (bicyclic) bond motifs is 1. The van der Waals surface area contributed by atoms with Gasteiger partial charge in [0.2, 0.25) is 11.9 Å². The molecule has 2 heterocycles. The molecule has 4 rings (SSSR count). The first-order chi connectivity index (χ1) is 15.2. The maximum atomic E-state index is 12.8. The molecule has 32 heavy (non-hydrogen) atoms. The van der Waals surface area contributed by atoms with Crippen LogP contribution in [-0.2, 0) is 4.79 Å². The summed E-state index contributed by atoms with van der Waals surface area (Å²) < 4.78 is 0. The molecule has 2 amide bonds. The van der Waals surface area contributed by atoms with E-state index in [4.69, 9.17) is 0 Å². The summed E-state index contributed by atoms with van der Waals surface area (Å²) in [6.45, 7) is 7.17. The van der Waals surface area contributed by atoms with Crippen LogP contribution >= 0.6 is 0 Å². The van der Waals surface area contributed by atoms with Crippen molar-refractivity contribution < 1.29 is 14.7 Å². The second kappa shape index (κ2) is 8.50. The highest BCUT2D eigenvalue weighted by molar-refractivity contribution is 5.98. The lowest BCUT2D eigenvalue weighted by molar-refractivity contribution is -0.117. The zero-order chi connectivity index (χ0) is 23.0. The number of amides is 2. The van der Waals surface area contributed by atoms with Crippen LogP contribution in [0.25, 0.3) is 0 Å². The normalized spacial score (nSPS) is 22.8. The lowest BCUT2D eigenvalue weighted by Crippen LogP contribution is -2.51. The predicted octanol–water partition coefficient (Wildman–Crippen LogP) is 2.91. The van der Waals surface area contributed by atoms with Gasteiger partial charge in [-0.25, -0.2) is 9.97 Å². The Balaban J connectivity index is 1.74. The van der Waals surface area contributed by atoms with E-state index in [1.54, 1.807) is 45.3 Å². The minimum Gasteiger partial charge on any atom is -0.389 e. The number of hydrogen-bond donors (Lipinski definition) is 3. The molecule has 3 atom stereocenters. The predicted molar refractivity (Wildman–Crippen MR) is 122 cm³/mol. The van der Waals surface area contributed by atoms with Gasteiger partial charge < -0.3 is 20.6 Å². The van der Waals surface area contributed by atoms with E-state index in [9.17, 15) is 14.7 Å². The van der Waals surface area contributed by atoms with Gasteiger partial charge in [0.25, 0.3) is 5.91 Å². The fraction of sp³-hybridized carbons (Fsp3) is 0.500. The number of hydrogen-bond acceptors (Lipinski definition) is 6. The van der Waals surface area contributed by atoms with E-state index >= 15 is 0 Å². The van der Waals surface area contributed by atoms with Crippen molar-refractivity contribution in [1.82, 2.24) is 15.3 Å². The number of nitrogens with zero attached hydrogens (tertiary/aromatic N) is 3. The SMILES string of the molecule is CC(=O)N1c2ccc(C(=O)NCC(C)(C)O)cc2C(Nc2ncccn2)C(C)C1C1CC1. The van der Waals surface area contributed by atoms with Gasteiger partial charge >= 0.3 is 0 Å². The lowest BCUT2D eigenvalue weighted by Gasteiger charge is -2.45. The largest absolute Gasteiger partial charge is 0.389 e. The van der Waals surface area contributed by atoms with Crippen LogP contribution in [0.4, 0.5) is 11.6 Å². The molecule has 2 aromatic rings. The molecule has 0 saturated heterocycles. The third-order valence-electron chi connectivity index (χ3n) is 6.22. The Morgan fingerprint density at radius 2 is 1.91 bits per heavy atom. The topological polar surface area (TPSA) is 107 Å². The molecule has 1 aromatic heterocycles. The number of nitrogens with one attached hydrogen (secondary N) is 2. The van der Waals surface area contributed by atoms with Gasteiger partial charge in [-0.3, -0.25) is 9.59 Å². The minimum atomic E-state index is -1.00. The van der Waals surface area contributed by atoms with E-state index in [-0.39, 0.29) is 36.4 Å². The van der Waals surface area contributed by atoms with Gasteiger partial charge in [0.15, 0.2) is 0 Å². The number of carbonyl (C=O) groups is 2. The third-order valence-corrected chi connectivity index (χ3v) is 6.22. The fourth-order valence-electron chi connectivity index (χ4n) is 4.62. The second-order valence-electron chi connectivity index (χ2n) is 9.54. The Bertz CT molecular complexity index is 1000. The smallest absolute Gasteiger partial charge is 0.251 e. The van der Waals surface area contributed by atoms with Crippen molar-refractivity contribution in [1.29, 1.82) is 0 Å². The van der Waals surface area contributed by atoms with Gasteiger partial charge in [0, 0.05) is 49.1 Å². The summed E-state index contributed by atoms with van der Waals surface area (Å²) >= 11 is 0. The number of rotatable bonds is 6. The molecular formula is C24H31N5O3. The van der Waals surface area contributed by atoms with Gasteiger partial charge in [-0.1, -0.05) is 6.92 Å². The molecule has 170 valence electrons. The first kappa shape index (κ1) is 22.2. The average Bonchev–Trinajstić information content (AvgIpc) is 3.58. The number of aliphatic hydroxyl groups is 1. The van der Waals surface area contributed by atoms with E-state index in [1.165, 1.54) is 0 Å². The Labute approximate surface area is 188 Å². The standard InChI is InChI=1S/C24H31N5O3/c1-14-20(28-23-25-10-5-11-26-23)18-12-17(22(31)27-13-24(3,4)32)8-9-19(18)29(15(2)30)21(14)16-6-7-16/h5,8-12,14,16,20-21,32H,6-7,13H2,1-4H3,(H,27,31)(H,25,26,28). The highest BCUT2D eigenvalue weighted by Crippen LogP contribution is 2.50. The Morgan fingerprint density at radius 1 is 1.22 bits per heavy atom. The fourth-order valence-corrected chi connectivity index (χ4v) is 4.62. The number of carbonyl (C=O) groups excluding carboxylic acids is 2. The zero-order valence-corrected chi connectivity index (χ0v) is 19.0. The Hall–Kier alpha value is -3.00. The quantitative estimate of drug-likeness (QED) is 0.641. The summed E-state index contributed by atoms with van der Waals surface area (Å²) in [6.07, 6.45) is 5.59. The van der Waals surface area contributed by atoms with E-state index < -0.39 is 5.60 Å². The van der Waals surface area contributed by atoms with Crippen LogP contribution in [0.3, 0.4) is 0 Å². The van der Waals surface area contributed by atoms with Crippen molar-refractivity contribution in [3.05, 3.63) is 47.8 Å². The lowest BCUT2D eigenvalue weighted by atomic mass is 9.79. The van der Waals surface area contributed by atoms with Crippen molar-refractivity contribution in [3.63, 3.8) is 0 Å². The summed E-state index contributed by atoms with van der Waals surface area (Å²) in [7, 11) is 0. The van der Waals surface area contributed by atoms with Crippen LogP contribution in [0.15, 0.2) is 36.7 Å². The highest BCUT2D eigenvalue weighted by Gasteiger charge is 2.47. The first-order valence-corrected chi connectivity index (χ1v) is 11.1. The van der Waals surface area contributed by atoms with Gasteiger partial charge in [0.05, 0.1) is 11.6 Å². The van der Waals surface area contributed by atoms with Crippen molar-refractivity contribution in [2.45, 2.75) is 58.2 Å². The molecule has 0 spiro atoms. The summed E-state index contributed by atoms with van der Waals surface area (Å²) in [5.41, 5.74) is 1.16. The number of aromatic nitrogens is 2. The highest BCUT2D eigenvalue weighted by atomic mass is 16.3. The molecule has 3 unspecified atom stereocenters. The number of anilines is 2. The summed E-state index contributed by atoms with van der Waals surface area (Å²) in [4.78, 5) is 36.0. The average molecular weight is 438 g/mol. The molecular weight excluding hydrogens is 406 g/mol. The molecule has 0 radical (unpaired) electrons. The van der Waals surface area contributed by atoms with E-state index in [0.29, 0.717) is 17.4 Å². The van der Waals surface area contributed by atoms with Gasteiger partial charge in [-0.05, 0) is 62.4 Å². The maximum absolute atomic E-state index is 12.8. The van der Waals surface area contributed by atoms with Crippen molar-refractivity contribution in [2.75, 3.05) is 16.8 Å². The van der Waals surface area contributed by atoms with Crippen LogP contribution in [-0.4, -0.2) is 45.1 Å². The van der Waals surface area contributed by atoms with Gasteiger partial charge in [-0.2, -0.15) is 0 Å². The van der Waals surface area contributed by atoms with Crippen LogP contribution in [0.2, 0.25) is 0 Å². The molecule has 1 aliphatic heterocycles. The molecule has 2 aliphatic rings. The van der Waals surface area contributed by atoms with Crippen molar-refractivity contribution >= 4 is 23.5 Å². The van der Waals surface area contributed by atoms with Crippen LogP contribution < -0.4 is 15.5 Å². The maximum Gasteiger partial charge on any atom is 0.251 e. The van der Waals surface area contributed by atoms with Gasteiger partial charge in [0.1, 0.15) is 0 Å². The van der Waals surface area contributed by atoms with E-state index in [1.807, 2.05) is 17.0 Å². The molecule has 8 nitrogen and oxygen atoms in total. The Kier molecular flexibility index (Phi) is 5.90. The van der Waals surface area contributed by atoms with Crippen molar-refractivity contribution in [3.8, 4) is 0 Å². The van der Waals surface area contributed by atoms with Crippen molar-refractivity contribution in [2.24, 2.45) is 11.8 Å². The second-order valence-corrected chi connectivity index (χ2v) is 9.54. The summed E-state index contributed by atoms with van der Waals surface area (Å²) in [5.74, 6) is 0.813.